The van der Waals surface area contributed by atoms with Gasteiger partial charge in [0.05, 0.1) is 0 Å². The van der Waals surface area contributed by atoms with Crippen LogP contribution in [-0.2, 0) is 0 Å². The molecule has 0 saturated heterocycles. The Kier molecular flexibility index (Phi) is 0.869. The number of hydrogen-bond acceptors (Lipinski definition) is 0. The van der Waals surface area contributed by atoms with Gasteiger partial charge >= 0.3 is 0 Å². The van der Waals surface area contributed by atoms with Gasteiger partial charge in [-0.2, -0.15) is 0 Å². The van der Waals surface area contributed by atoms with Crippen LogP contribution in [0.25, 0.3) is 0 Å². The molecule has 5 rings (SSSR count). The van der Waals surface area contributed by atoms with E-state index in [-0.39, 0.29) is 0 Å². The lowest BCUT2D eigenvalue weighted by Gasteiger charge is -2.29. The first-order chi connectivity index (χ1) is 6.86. The van der Waals surface area contributed by atoms with Gasteiger partial charge in [-0.05, 0) is 53.8 Å². The molecule has 0 heterocycles. The van der Waals surface area contributed by atoms with Gasteiger partial charge in [-0.25, -0.2) is 0 Å². The van der Waals surface area contributed by atoms with Crippen LogP contribution in [0.2, 0.25) is 0 Å². The van der Waals surface area contributed by atoms with Crippen molar-refractivity contribution >= 4 is 0 Å². The highest BCUT2D eigenvalue weighted by atomic mass is 14.8. The van der Waals surface area contributed by atoms with E-state index in [1.54, 1.807) is 0 Å². The Balaban J connectivity index is 1.70. The van der Waals surface area contributed by atoms with Gasteiger partial charge in [0.15, 0.2) is 0 Å². The van der Waals surface area contributed by atoms with Gasteiger partial charge in [-0.1, -0.05) is 30.7 Å². The number of hydrogen-bond donors (Lipinski definition) is 0. The summed E-state index contributed by atoms with van der Waals surface area (Å²) in [5.41, 5.74) is 1.88. The van der Waals surface area contributed by atoms with E-state index in [1.807, 2.05) is 5.57 Å². The predicted molar refractivity (Wildman–Crippen MR) is 55.4 cm³/mol. The minimum atomic E-state index is 0.911. The zero-order valence-corrected chi connectivity index (χ0v) is 8.56. The Bertz CT molecular complexity index is 389. The molecule has 0 radical (unpaired) electrons. The summed E-state index contributed by atoms with van der Waals surface area (Å²) in [4.78, 5) is 0. The highest BCUT2D eigenvalue weighted by Gasteiger charge is 2.71. The SMILES string of the molecule is CC1C=C2C3C2C2C4C=CC(C4)C2C13. The molecule has 14 heavy (non-hydrogen) atoms. The molecule has 0 N–H and O–H groups in total. The third-order valence-electron chi connectivity index (χ3n) is 5.97. The van der Waals surface area contributed by atoms with Crippen LogP contribution >= 0.6 is 0 Å². The van der Waals surface area contributed by atoms with Crippen LogP contribution in [-0.4, -0.2) is 0 Å². The molecule has 0 aromatic carbocycles. The average Bonchev–Trinajstić information content (AvgIpc) is 2.67. The van der Waals surface area contributed by atoms with Crippen molar-refractivity contribution in [3.05, 3.63) is 23.8 Å². The molecule has 0 nitrogen and oxygen atoms in total. The van der Waals surface area contributed by atoms with Gasteiger partial charge in [0.1, 0.15) is 0 Å². The van der Waals surface area contributed by atoms with Gasteiger partial charge in [-0.15, -0.1) is 0 Å². The van der Waals surface area contributed by atoms with Crippen LogP contribution in [0.4, 0.5) is 0 Å². The fourth-order valence-corrected chi connectivity index (χ4v) is 5.75. The molecule has 0 heteroatoms. The summed E-state index contributed by atoms with van der Waals surface area (Å²) >= 11 is 0. The maximum atomic E-state index is 2.62. The molecule has 0 amide bonds. The third-order valence-corrected chi connectivity index (χ3v) is 5.97. The third kappa shape index (κ3) is 0.495. The zero-order chi connectivity index (χ0) is 9.02. The molecule has 3 fully saturated rings. The van der Waals surface area contributed by atoms with Crippen LogP contribution in [0.3, 0.4) is 0 Å². The molecule has 0 aromatic rings. The fraction of sp³-hybridized carbons (Fsp3) is 0.714. The van der Waals surface area contributed by atoms with E-state index in [0.717, 1.165) is 47.3 Å². The molecule has 5 aliphatic carbocycles. The molecule has 8 unspecified atom stereocenters. The monoisotopic (exact) mass is 184 g/mol. The largest absolute Gasteiger partial charge is 0.0848 e. The minimum Gasteiger partial charge on any atom is -0.0848 e. The lowest BCUT2D eigenvalue weighted by molar-refractivity contribution is 0.232. The Hall–Kier alpha value is -0.520. The molecule has 0 aromatic heterocycles. The van der Waals surface area contributed by atoms with E-state index >= 15 is 0 Å². The normalized spacial score (nSPS) is 69.6. The topological polar surface area (TPSA) is 0 Å². The van der Waals surface area contributed by atoms with E-state index in [1.165, 1.54) is 6.42 Å². The second-order valence-electron chi connectivity index (χ2n) is 6.26. The summed E-state index contributed by atoms with van der Waals surface area (Å²) in [5.74, 6) is 8.28. The van der Waals surface area contributed by atoms with Gasteiger partial charge in [0.2, 0.25) is 0 Å². The first-order valence-electron chi connectivity index (χ1n) is 6.26. The van der Waals surface area contributed by atoms with E-state index in [9.17, 15) is 0 Å². The Labute approximate surface area is 85.1 Å². The first kappa shape index (κ1) is 6.87. The molecule has 0 aliphatic heterocycles. The van der Waals surface area contributed by atoms with E-state index < -0.39 is 0 Å². The second kappa shape index (κ2) is 1.77. The van der Waals surface area contributed by atoms with Gasteiger partial charge in [0.25, 0.3) is 0 Å². The number of fused-ring (bicyclic) bond motifs is 8. The van der Waals surface area contributed by atoms with Crippen molar-refractivity contribution in [3.8, 4) is 0 Å². The highest BCUT2D eigenvalue weighted by Crippen LogP contribution is 2.77. The van der Waals surface area contributed by atoms with Crippen molar-refractivity contribution in [3.63, 3.8) is 0 Å². The van der Waals surface area contributed by atoms with Crippen molar-refractivity contribution < 1.29 is 0 Å². The van der Waals surface area contributed by atoms with E-state index in [0.29, 0.717) is 0 Å². The van der Waals surface area contributed by atoms with Crippen molar-refractivity contribution in [2.45, 2.75) is 13.3 Å². The molecular formula is C14H16. The fourth-order valence-electron chi connectivity index (χ4n) is 5.75. The van der Waals surface area contributed by atoms with Crippen LogP contribution in [0.5, 0.6) is 0 Å². The quantitative estimate of drug-likeness (QED) is 0.508. The molecular weight excluding hydrogens is 168 g/mol. The summed E-state index contributed by atoms with van der Waals surface area (Å²) in [5, 5.41) is 0. The van der Waals surface area contributed by atoms with E-state index in [2.05, 4.69) is 25.2 Å². The van der Waals surface area contributed by atoms with Crippen LogP contribution in [0, 0.1) is 47.3 Å². The van der Waals surface area contributed by atoms with Gasteiger partial charge in [0, 0.05) is 0 Å². The summed E-state index contributed by atoms with van der Waals surface area (Å²) in [6, 6.07) is 0. The number of allylic oxidation sites excluding steroid dienone is 4. The lowest BCUT2D eigenvalue weighted by Crippen LogP contribution is -2.24. The molecule has 72 valence electrons. The summed E-state index contributed by atoms with van der Waals surface area (Å²) in [6.45, 7) is 2.46. The molecule has 5 aliphatic rings. The summed E-state index contributed by atoms with van der Waals surface area (Å²) in [7, 11) is 0. The van der Waals surface area contributed by atoms with Crippen molar-refractivity contribution in [1.82, 2.24) is 0 Å². The predicted octanol–water partition coefficient (Wildman–Crippen LogP) is 2.88. The minimum absolute atomic E-state index is 0.911. The second-order valence-corrected chi connectivity index (χ2v) is 6.26. The molecule has 8 atom stereocenters. The maximum Gasteiger partial charge on any atom is -0.00943 e. The van der Waals surface area contributed by atoms with E-state index in [4.69, 9.17) is 0 Å². The van der Waals surface area contributed by atoms with Gasteiger partial charge < -0.3 is 0 Å². The highest BCUT2D eigenvalue weighted by molar-refractivity contribution is 5.45. The van der Waals surface area contributed by atoms with Crippen LogP contribution in [0.1, 0.15) is 13.3 Å². The first-order valence-corrected chi connectivity index (χ1v) is 6.26. The van der Waals surface area contributed by atoms with Crippen LogP contribution < -0.4 is 0 Å². The Morgan fingerprint density at radius 3 is 2.57 bits per heavy atom. The Morgan fingerprint density at radius 1 is 1.00 bits per heavy atom. The lowest BCUT2D eigenvalue weighted by atomic mass is 9.75. The molecule has 2 bridgehead atoms. The summed E-state index contributed by atoms with van der Waals surface area (Å²) in [6.07, 6.45) is 9.21. The zero-order valence-electron chi connectivity index (χ0n) is 8.56. The van der Waals surface area contributed by atoms with Crippen molar-refractivity contribution in [2.24, 2.45) is 47.3 Å². The summed E-state index contributed by atoms with van der Waals surface area (Å²) < 4.78 is 0. The maximum absolute atomic E-state index is 2.62. The van der Waals surface area contributed by atoms with Crippen LogP contribution in [0.15, 0.2) is 23.8 Å². The molecule has 0 spiro atoms. The van der Waals surface area contributed by atoms with Crippen molar-refractivity contribution in [2.75, 3.05) is 0 Å². The van der Waals surface area contributed by atoms with Crippen molar-refractivity contribution in [1.29, 1.82) is 0 Å². The Morgan fingerprint density at radius 2 is 1.71 bits per heavy atom. The standard InChI is InChI=1S/C14H16/c1-6-4-9-13-10(6)11-7-2-3-8(5-7)12(11)14(9)13/h2-4,6-8,10-14H,5H2,1H3. The average molecular weight is 184 g/mol. The smallest absolute Gasteiger partial charge is 0.00943 e. The van der Waals surface area contributed by atoms with Gasteiger partial charge in [-0.3, -0.25) is 0 Å². The molecule has 3 saturated carbocycles. The number of rotatable bonds is 0.